The summed E-state index contributed by atoms with van der Waals surface area (Å²) in [6, 6.07) is 9.44. The summed E-state index contributed by atoms with van der Waals surface area (Å²) in [6.07, 6.45) is -1.22. The van der Waals surface area contributed by atoms with Gasteiger partial charge in [-0.25, -0.2) is 17.2 Å². The third-order valence-electron chi connectivity index (χ3n) is 3.59. The number of amides is 1. The maximum Gasteiger partial charge on any atom is 0.321 e. The van der Waals surface area contributed by atoms with Gasteiger partial charge in [0.05, 0.1) is 0 Å². The molecular formula is C18H18F2N2O5S. The Balaban J connectivity index is 1.92. The molecule has 1 amide bonds. The number of esters is 1. The zero-order valence-electron chi connectivity index (χ0n) is 15.0. The highest BCUT2D eigenvalue weighted by atomic mass is 32.2. The maximum atomic E-state index is 13.6. The minimum atomic E-state index is -4.63. The average Bonchev–Trinajstić information content (AvgIpc) is 2.61. The lowest BCUT2D eigenvalue weighted by atomic mass is 10.2. The van der Waals surface area contributed by atoms with E-state index in [9.17, 15) is 26.8 Å². The molecule has 2 rings (SSSR count). The van der Waals surface area contributed by atoms with Gasteiger partial charge in [-0.1, -0.05) is 23.8 Å². The second-order valence-corrected chi connectivity index (χ2v) is 7.57. The number of hydrogen-bond acceptors (Lipinski definition) is 5. The van der Waals surface area contributed by atoms with E-state index < -0.39 is 51.1 Å². The van der Waals surface area contributed by atoms with E-state index in [4.69, 9.17) is 4.74 Å². The van der Waals surface area contributed by atoms with E-state index in [0.29, 0.717) is 5.69 Å². The van der Waals surface area contributed by atoms with Crippen molar-refractivity contribution in [3.8, 4) is 0 Å². The van der Waals surface area contributed by atoms with Crippen LogP contribution in [0.25, 0.3) is 0 Å². The fourth-order valence-electron chi connectivity index (χ4n) is 2.14. The Morgan fingerprint density at radius 1 is 1.07 bits per heavy atom. The molecule has 0 unspecified atom stereocenters. The van der Waals surface area contributed by atoms with E-state index in [1.54, 1.807) is 29.0 Å². The van der Waals surface area contributed by atoms with Crippen molar-refractivity contribution in [2.24, 2.45) is 0 Å². The van der Waals surface area contributed by atoms with Crippen LogP contribution in [-0.2, 0) is 24.3 Å². The van der Waals surface area contributed by atoms with E-state index in [0.717, 1.165) is 23.8 Å². The Morgan fingerprint density at radius 3 is 2.21 bits per heavy atom. The Morgan fingerprint density at radius 2 is 1.64 bits per heavy atom. The molecule has 0 fully saturated rings. The SMILES string of the molecule is Cc1ccc(NC(=O)[C@H](C)OC(=O)CNS(=O)(=O)c2c(F)cccc2F)cc1. The Bertz CT molecular complexity index is 958. The summed E-state index contributed by atoms with van der Waals surface area (Å²) in [5.41, 5.74) is 1.49. The Labute approximate surface area is 160 Å². The number of anilines is 1. The topological polar surface area (TPSA) is 102 Å². The third kappa shape index (κ3) is 5.57. The number of benzene rings is 2. The summed E-state index contributed by atoms with van der Waals surface area (Å²) in [5.74, 6) is -4.31. The van der Waals surface area contributed by atoms with Crippen LogP contribution in [0.5, 0.6) is 0 Å². The molecular weight excluding hydrogens is 394 g/mol. The molecule has 7 nitrogen and oxygen atoms in total. The summed E-state index contributed by atoms with van der Waals surface area (Å²) >= 11 is 0. The molecule has 0 saturated heterocycles. The molecule has 10 heteroatoms. The van der Waals surface area contributed by atoms with Gasteiger partial charge in [0.15, 0.2) is 11.0 Å². The molecule has 0 spiro atoms. The van der Waals surface area contributed by atoms with Gasteiger partial charge in [0.2, 0.25) is 10.0 Å². The van der Waals surface area contributed by atoms with Crippen LogP contribution in [0, 0.1) is 18.6 Å². The summed E-state index contributed by atoms with van der Waals surface area (Å²) in [7, 11) is -4.63. The molecule has 28 heavy (non-hydrogen) atoms. The predicted molar refractivity (Wildman–Crippen MR) is 96.9 cm³/mol. The van der Waals surface area contributed by atoms with E-state index in [1.165, 1.54) is 6.92 Å². The normalized spacial score (nSPS) is 12.3. The van der Waals surface area contributed by atoms with Gasteiger partial charge in [0.25, 0.3) is 5.91 Å². The minimum absolute atomic E-state index is 0.495. The first-order valence-corrected chi connectivity index (χ1v) is 9.59. The molecule has 2 N–H and O–H groups in total. The van der Waals surface area contributed by atoms with E-state index in [1.807, 2.05) is 6.92 Å². The first-order chi connectivity index (χ1) is 13.1. The summed E-state index contributed by atoms with van der Waals surface area (Å²) in [5, 5.41) is 2.53. The van der Waals surface area contributed by atoms with Gasteiger partial charge in [-0.15, -0.1) is 0 Å². The van der Waals surface area contributed by atoms with E-state index in [-0.39, 0.29) is 0 Å². The van der Waals surface area contributed by atoms with Gasteiger partial charge >= 0.3 is 5.97 Å². The molecule has 150 valence electrons. The number of hydrogen-bond donors (Lipinski definition) is 2. The molecule has 0 saturated carbocycles. The summed E-state index contributed by atoms with van der Waals surface area (Å²) in [6.45, 7) is 2.27. The van der Waals surface area contributed by atoms with Gasteiger partial charge in [-0.05, 0) is 38.1 Å². The second kappa shape index (κ2) is 8.89. The van der Waals surface area contributed by atoms with Crippen molar-refractivity contribution in [3.63, 3.8) is 0 Å². The fourth-order valence-corrected chi connectivity index (χ4v) is 3.24. The zero-order valence-corrected chi connectivity index (χ0v) is 15.8. The van der Waals surface area contributed by atoms with Gasteiger partial charge in [-0.2, -0.15) is 4.72 Å². The lowest BCUT2D eigenvalue weighted by Gasteiger charge is -2.14. The van der Waals surface area contributed by atoms with Gasteiger partial charge in [0.1, 0.15) is 18.2 Å². The lowest BCUT2D eigenvalue weighted by Crippen LogP contribution is -2.36. The number of ether oxygens (including phenoxy) is 1. The molecule has 0 heterocycles. The molecule has 0 bridgehead atoms. The molecule has 0 aliphatic carbocycles. The van der Waals surface area contributed by atoms with Crippen LogP contribution in [0.2, 0.25) is 0 Å². The number of nitrogens with one attached hydrogen (secondary N) is 2. The highest BCUT2D eigenvalue weighted by Gasteiger charge is 2.25. The van der Waals surface area contributed by atoms with Gasteiger partial charge in [-0.3, -0.25) is 9.59 Å². The molecule has 0 aliphatic heterocycles. The maximum absolute atomic E-state index is 13.6. The zero-order chi connectivity index (χ0) is 20.9. The first-order valence-electron chi connectivity index (χ1n) is 8.11. The third-order valence-corrected chi connectivity index (χ3v) is 5.04. The molecule has 0 radical (unpaired) electrons. The Kier molecular flexibility index (Phi) is 6.81. The van der Waals surface area contributed by atoms with Crippen LogP contribution < -0.4 is 10.0 Å². The standard InChI is InChI=1S/C18H18F2N2O5S/c1-11-6-8-13(9-7-11)22-18(24)12(2)27-16(23)10-21-28(25,26)17-14(19)4-3-5-15(17)20/h3-9,12,21H,10H2,1-2H3,(H,22,24)/t12-/m0/s1. The van der Waals surface area contributed by atoms with Crippen molar-refractivity contribution in [1.82, 2.24) is 4.72 Å². The number of sulfonamides is 1. The molecule has 2 aromatic carbocycles. The molecule has 1 atom stereocenters. The molecule has 0 aromatic heterocycles. The van der Waals surface area contributed by atoms with Gasteiger partial charge < -0.3 is 10.1 Å². The van der Waals surface area contributed by atoms with Crippen LogP contribution in [0.3, 0.4) is 0 Å². The largest absolute Gasteiger partial charge is 0.452 e. The molecule has 0 aliphatic rings. The van der Waals surface area contributed by atoms with Crippen molar-refractivity contribution in [2.75, 3.05) is 11.9 Å². The van der Waals surface area contributed by atoms with Crippen LogP contribution >= 0.6 is 0 Å². The highest BCUT2D eigenvalue weighted by Crippen LogP contribution is 2.17. The molecule has 2 aromatic rings. The quantitative estimate of drug-likeness (QED) is 0.679. The van der Waals surface area contributed by atoms with Crippen molar-refractivity contribution in [2.45, 2.75) is 24.8 Å². The number of aryl methyl sites for hydroxylation is 1. The number of carbonyl (C=O) groups excluding carboxylic acids is 2. The number of rotatable bonds is 7. The van der Waals surface area contributed by atoms with E-state index in [2.05, 4.69) is 5.32 Å². The summed E-state index contributed by atoms with van der Waals surface area (Å²) in [4.78, 5) is 22.6. The van der Waals surface area contributed by atoms with Crippen LogP contribution in [0.1, 0.15) is 12.5 Å². The summed E-state index contributed by atoms with van der Waals surface area (Å²) < 4.78 is 57.7. The van der Waals surface area contributed by atoms with E-state index >= 15 is 0 Å². The monoisotopic (exact) mass is 412 g/mol. The van der Waals surface area contributed by atoms with Crippen LogP contribution in [-0.4, -0.2) is 32.9 Å². The smallest absolute Gasteiger partial charge is 0.321 e. The van der Waals surface area contributed by atoms with Crippen LogP contribution in [0.4, 0.5) is 14.5 Å². The van der Waals surface area contributed by atoms with Crippen LogP contribution in [0.15, 0.2) is 47.4 Å². The predicted octanol–water partition coefficient (Wildman–Crippen LogP) is 2.12. The van der Waals surface area contributed by atoms with Crippen molar-refractivity contribution < 1.29 is 31.5 Å². The minimum Gasteiger partial charge on any atom is -0.452 e. The van der Waals surface area contributed by atoms with Crippen molar-refractivity contribution in [3.05, 3.63) is 59.7 Å². The second-order valence-electron chi connectivity index (χ2n) is 5.86. The fraction of sp³-hybridized carbons (Fsp3) is 0.222. The average molecular weight is 412 g/mol. The Hall–Kier alpha value is -2.85. The van der Waals surface area contributed by atoms with Crippen molar-refractivity contribution in [1.29, 1.82) is 0 Å². The van der Waals surface area contributed by atoms with Crippen molar-refractivity contribution >= 4 is 27.6 Å². The number of halogens is 2. The first kappa shape index (κ1) is 21.5. The number of carbonyl (C=O) groups is 2. The van der Waals surface area contributed by atoms with Gasteiger partial charge in [0, 0.05) is 5.69 Å². The highest BCUT2D eigenvalue weighted by molar-refractivity contribution is 7.89. The lowest BCUT2D eigenvalue weighted by molar-refractivity contribution is -0.151.